The number of amides is 1. The lowest BCUT2D eigenvalue weighted by atomic mass is 10.0. The van der Waals surface area contributed by atoms with Crippen LogP contribution in [0.5, 0.6) is 11.5 Å². The van der Waals surface area contributed by atoms with Gasteiger partial charge in [0.05, 0.1) is 23.8 Å². The van der Waals surface area contributed by atoms with E-state index in [9.17, 15) is 9.59 Å². The van der Waals surface area contributed by atoms with E-state index in [1.807, 2.05) is 50.2 Å². The number of rotatable bonds is 10. The molecule has 3 aromatic rings. The molecule has 0 aliphatic carbocycles. The predicted molar refractivity (Wildman–Crippen MR) is 127 cm³/mol. The molecule has 1 amide bonds. The molecule has 3 aromatic carbocycles. The van der Waals surface area contributed by atoms with Gasteiger partial charge in [0.15, 0.2) is 0 Å². The third kappa shape index (κ3) is 5.89. The number of nitrogens with one attached hydrogen (secondary N) is 1. The predicted octanol–water partition coefficient (Wildman–Crippen LogP) is 5.94. The first kappa shape index (κ1) is 23.4. The van der Waals surface area contributed by atoms with Gasteiger partial charge in [-0.1, -0.05) is 42.8 Å². The molecule has 32 heavy (non-hydrogen) atoms. The number of carbonyl (C=O) groups is 2. The molecule has 0 bridgehead atoms. The van der Waals surface area contributed by atoms with Gasteiger partial charge in [-0.15, -0.1) is 0 Å². The van der Waals surface area contributed by atoms with E-state index in [0.29, 0.717) is 40.9 Å². The summed E-state index contributed by atoms with van der Waals surface area (Å²) in [4.78, 5) is 23.9. The summed E-state index contributed by atoms with van der Waals surface area (Å²) in [5.74, 6) is 1.04. The minimum atomic E-state index is -0.284. The molecule has 0 atom stereocenters. The van der Waals surface area contributed by atoms with E-state index in [1.165, 1.54) is 0 Å². The van der Waals surface area contributed by atoms with Crippen LogP contribution in [-0.4, -0.2) is 25.4 Å². The van der Waals surface area contributed by atoms with Crippen molar-refractivity contribution in [3.63, 3.8) is 0 Å². The number of aldehydes is 1. The van der Waals surface area contributed by atoms with Crippen molar-refractivity contribution in [3.8, 4) is 22.6 Å². The number of hydrogen-bond donors (Lipinski definition) is 1. The Hall–Kier alpha value is -3.31. The smallest absolute Gasteiger partial charge is 0.253 e. The van der Waals surface area contributed by atoms with Crippen LogP contribution >= 0.6 is 11.6 Å². The topological polar surface area (TPSA) is 64.6 Å². The molecule has 0 spiro atoms. The zero-order valence-corrected chi connectivity index (χ0v) is 18.9. The molecule has 0 aliphatic heterocycles. The van der Waals surface area contributed by atoms with Crippen LogP contribution in [0, 0.1) is 0 Å². The largest absolute Gasteiger partial charge is 0.494 e. The van der Waals surface area contributed by atoms with E-state index < -0.39 is 0 Å². The van der Waals surface area contributed by atoms with E-state index in [-0.39, 0.29) is 12.5 Å². The molecule has 6 heteroatoms. The van der Waals surface area contributed by atoms with Crippen molar-refractivity contribution in [3.05, 3.63) is 82.4 Å². The Morgan fingerprint density at radius 1 is 1.00 bits per heavy atom. The summed E-state index contributed by atoms with van der Waals surface area (Å²) in [7, 11) is 0. The van der Waals surface area contributed by atoms with Crippen molar-refractivity contribution in [2.24, 2.45) is 0 Å². The third-order valence-corrected chi connectivity index (χ3v) is 5.13. The fraction of sp³-hybridized carbons (Fsp3) is 0.231. The molecule has 5 nitrogen and oxygen atoms in total. The van der Waals surface area contributed by atoms with Gasteiger partial charge < -0.3 is 14.8 Å². The maximum atomic E-state index is 12.8. The van der Waals surface area contributed by atoms with Crippen LogP contribution in [0.15, 0.2) is 60.7 Å². The minimum Gasteiger partial charge on any atom is -0.494 e. The highest BCUT2D eigenvalue weighted by Crippen LogP contribution is 2.28. The van der Waals surface area contributed by atoms with E-state index in [1.54, 1.807) is 24.3 Å². The Bertz CT molecular complexity index is 1100. The van der Waals surface area contributed by atoms with Crippen LogP contribution < -0.4 is 14.8 Å². The van der Waals surface area contributed by atoms with Crippen LogP contribution in [0.4, 0.5) is 0 Å². The van der Waals surface area contributed by atoms with Gasteiger partial charge in [0.2, 0.25) is 0 Å². The van der Waals surface area contributed by atoms with Gasteiger partial charge in [-0.25, -0.2) is 0 Å². The molecular weight excluding hydrogens is 426 g/mol. The van der Waals surface area contributed by atoms with Gasteiger partial charge in [0.1, 0.15) is 17.8 Å². The van der Waals surface area contributed by atoms with Gasteiger partial charge in [-0.2, -0.15) is 0 Å². The lowest BCUT2D eigenvalue weighted by Crippen LogP contribution is -2.23. The number of hydrogen-bond acceptors (Lipinski definition) is 4. The number of ether oxygens (including phenoxy) is 2. The third-order valence-electron chi connectivity index (χ3n) is 4.81. The van der Waals surface area contributed by atoms with E-state index in [2.05, 4.69) is 5.32 Å². The highest BCUT2D eigenvalue weighted by molar-refractivity contribution is 6.34. The highest BCUT2D eigenvalue weighted by atomic mass is 35.5. The Morgan fingerprint density at radius 3 is 2.53 bits per heavy atom. The average Bonchev–Trinajstić information content (AvgIpc) is 2.82. The first-order valence-electron chi connectivity index (χ1n) is 10.6. The quantitative estimate of drug-likeness (QED) is 0.387. The van der Waals surface area contributed by atoms with Crippen molar-refractivity contribution in [1.29, 1.82) is 0 Å². The lowest BCUT2D eigenvalue weighted by molar-refractivity contribution is 0.0950. The molecule has 0 saturated heterocycles. The summed E-state index contributed by atoms with van der Waals surface area (Å²) >= 11 is 6.31. The fourth-order valence-electron chi connectivity index (χ4n) is 3.25. The van der Waals surface area contributed by atoms with Gasteiger partial charge in [-0.3, -0.25) is 9.59 Å². The summed E-state index contributed by atoms with van der Waals surface area (Å²) in [6.45, 7) is 5.29. The summed E-state index contributed by atoms with van der Waals surface area (Å²) in [6.07, 6.45) is 1.71. The monoisotopic (exact) mass is 451 g/mol. The molecule has 1 N–H and O–H groups in total. The molecule has 0 radical (unpaired) electrons. The summed E-state index contributed by atoms with van der Waals surface area (Å²) in [6, 6.07) is 18.2. The molecule has 3 rings (SSSR count). The molecule has 0 aromatic heterocycles. The van der Waals surface area contributed by atoms with Crippen molar-refractivity contribution >= 4 is 23.8 Å². The van der Waals surface area contributed by atoms with Crippen molar-refractivity contribution in [2.75, 3.05) is 13.2 Å². The molecule has 0 heterocycles. The molecule has 166 valence electrons. The maximum Gasteiger partial charge on any atom is 0.253 e. The Morgan fingerprint density at radius 2 is 1.81 bits per heavy atom. The van der Waals surface area contributed by atoms with Crippen molar-refractivity contribution < 1.29 is 19.1 Å². The molecule has 0 fully saturated rings. The zero-order valence-electron chi connectivity index (χ0n) is 18.2. The second-order valence-corrected chi connectivity index (χ2v) is 7.58. The average molecular weight is 452 g/mol. The molecule has 0 aliphatic rings. The van der Waals surface area contributed by atoms with E-state index >= 15 is 0 Å². The summed E-state index contributed by atoms with van der Waals surface area (Å²) in [5, 5.41) is 3.25. The van der Waals surface area contributed by atoms with Gasteiger partial charge >= 0.3 is 0 Å². The highest BCUT2D eigenvalue weighted by Gasteiger charge is 2.13. The zero-order chi connectivity index (χ0) is 22.9. The maximum absolute atomic E-state index is 12.8. The second-order valence-electron chi connectivity index (χ2n) is 7.17. The first-order chi connectivity index (χ1) is 15.5. The van der Waals surface area contributed by atoms with Crippen LogP contribution in [0.1, 0.15) is 46.5 Å². The Kier molecular flexibility index (Phi) is 8.28. The molecule has 0 unspecified atom stereocenters. The SMILES string of the molecule is CCCOc1ccc(C(=O)NCc2cc(-c3cccc(C=O)c3)ccc2OCC)c(Cl)c1. The van der Waals surface area contributed by atoms with E-state index in [4.69, 9.17) is 21.1 Å². The second kappa shape index (κ2) is 11.3. The summed E-state index contributed by atoms with van der Waals surface area (Å²) in [5.41, 5.74) is 3.65. The fourth-order valence-corrected chi connectivity index (χ4v) is 3.50. The number of halogens is 1. The van der Waals surface area contributed by atoms with Crippen LogP contribution in [0.25, 0.3) is 11.1 Å². The normalized spacial score (nSPS) is 10.5. The van der Waals surface area contributed by atoms with E-state index in [0.717, 1.165) is 29.4 Å². The van der Waals surface area contributed by atoms with Crippen LogP contribution in [0.2, 0.25) is 5.02 Å². The van der Waals surface area contributed by atoms with Crippen molar-refractivity contribution in [2.45, 2.75) is 26.8 Å². The molecular formula is C26H26ClNO4. The van der Waals surface area contributed by atoms with Gasteiger partial charge in [-0.05, 0) is 60.9 Å². The standard InChI is InChI=1S/C26H26ClNO4/c1-3-12-32-22-9-10-23(24(27)15-22)26(30)28-16-21-14-20(8-11-25(21)31-4-2)19-7-5-6-18(13-19)17-29/h5-11,13-15,17H,3-4,12,16H2,1-2H3,(H,28,30). The minimum absolute atomic E-state index is 0.264. The Balaban J connectivity index is 1.79. The van der Waals surface area contributed by atoms with Crippen LogP contribution in [-0.2, 0) is 6.54 Å². The first-order valence-corrected chi connectivity index (χ1v) is 10.9. The van der Waals surface area contributed by atoms with Gasteiger partial charge in [0.25, 0.3) is 5.91 Å². The number of carbonyl (C=O) groups excluding carboxylic acids is 2. The van der Waals surface area contributed by atoms with Crippen molar-refractivity contribution in [1.82, 2.24) is 5.32 Å². The number of benzene rings is 3. The van der Waals surface area contributed by atoms with Gasteiger partial charge in [0, 0.05) is 17.7 Å². The van der Waals surface area contributed by atoms with Crippen LogP contribution in [0.3, 0.4) is 0 Å². The lowest BCUT2D eigenvalue weighted by Gasteiger charge is -2.14. The summed E-state index contributed by atoms with van der Waals surface area (Å²) < 4.78 is 11.3. The molecule has 0 saturated carbocycles. The Labute approximate surface area is 193 Å².